The van der Waals surface area contributed by atoms with E-state index in [4.69, 9.17) is 4.74 Å². The summed E-state index contributed by atoms with van der Waals surface area (Å²) in [4.78, 5) is 0. The van der Waals surface area contributed by atoms with Gasteiger partial charge in [-0.05, 0) is 52.5 Å². The van der Waals surface area contributed by atoms with E-state index >= 15 is 0 Å². The summed E-state index contributed by atoms with van der Waals surface area (Å²) >= 11 is 6.46. The van der Waals surface area contributed by atoms with Gasteiger partial charge in [-0.25, -0.2) is 0 Å². The van der Waals surface area contributed by atoms with E-state index in [1.165, 1.54) is 24.6 Å². The average molecular weight is 406 g/mol. The van der Waals surface area contributed by atoms with Crippen molar-refractivity contribution < 1.29 is 23.0 Å². The first-order valence-electron chi connectivity index (χ1n) is 4.91. The minimum absolute atomic E-state index is 0.0355. The second-order valence-corrected chi connectivity index (χ2v) is 4.99. The van der Waals surface area contributed by atoms with Crippen LogP contribution in [0.15, 0.2) is 12.1 Å². The van der Waals surface area contributed by atoms with Gasteiger partial charge in [-0.1, -0.05) is 0 Å². The maximum Gasteiger partial charge on any atom is 0.484 e. The molecule has 19 heavy (non-hydrogen) atoms. The largest absolute Gasteiger partial charge is 0.504 e. The lowest BCUT2D eigenvalue weighted by molar-refractivity contribution is -0.141. The van der Waals surface area contributed by atoms with E-state index in [-0.39, 0.29) is 18.0 Å². The molecule has 0 aliphatic heterocycles. The Balaban J connectivity index is 2.70. The summed E-state index contributed by atoms with van der Waals surface area (Å²) in [6.45, 7) is 0.0802. The second-order valence-electron chi connectivity index (χ2n) is 3.42. The molecular formula is C10H10F3IN2O2S. The lowest BCUT2D eigenvalue weighted by atomic mass is 10.2. The molecule has 3 N–H and O–H groups in total. The molecule has 0 fully saturated rings. The fourth-order valence-corrected chi connectivity index (χ4v) is 2.06. The lowest BCUT2D eigenvalue weighted by Crippen LogP contribution is -2.43. The van der Waals surface area contributed by atoms with Gasteiger partial charge < -0.3 is 15.2 Å². The van der Waals surface area contributed by atoms with Crippen LogP contribution in [0, 0.1) is 3.57 Å². The third kappa shape index (κ3) is 5.27. The predicted molar refractivity (Wildman–Crippen MR) is 76.0 cm³/mol. The van der Waals surface area contributed by atoms with Crippen LogP contribution >= 0.6 is 34.8 Å². The minimum Gasteiger partial charge on any atom is -0.504 e. The molecule has 0 saturated carbocycles. The van der Waals surface area contributed by atoms with Crippen LogP contribution in [0.25, 0.3) is 0 Å². The van der Waals surface area contributed by atoms with Crippen LogP contribution in [-0.4, -0.2) is 23.6 Å². The van der Waals surface area contributed by atoms with Crippen molar-refractivity contribution in [1.29, 1.82) is 0 Å². The number of alkyl halides is 3. The van der Waals surface area contributed by atoms with Crippen LogP contribution < -0.4 is 15.4 Å². The topological polar surface area (TPSA) is 53.5 Å². The van der Waals surface area contributed by atoms with Gasteiger partial charge in [0.2, 0.25) is 0 Å². The molecule has 0 spiro atoms. The molecule has 0 heterocycles. The zero-order valence-electron chi connectivity index (χ0n) is 9.64. The number of rotatable bonds is 3. The van der Waals surface area contributed by atoms with E-state index in [1.807, 2.05) is 22.6 Å². The zero-order chi connectivity index (χ0) is 14.6. The SMILES string of the molecule is COc1cc(CNC(=S)NC(F)(F)F)c(I)cc1O. The number of hydrogen-bond donors (Lipinski definition) is 3. The summed E-state index contributed by atoms with van der Waals surface area (Å²) in [6.07, 6.45) is -4.57. The molecular weight excluding hydrogens is 396 g/mol. The van der Waals surface area contributed by atoms with Crippen molar-refractivity contribution in [1.82, 2.24) is 10.6 Å². The number of phenolic OH excluding ortho intramolecular Hbond substituents is 1. The number of benzene rings is 1. The maximum atomic E-state index is 12.0. The van der Waals surface area contributed by atoms with Crippen LogP contribution in [0.3, 0.4) is 0 Å². The van der Waals surface area contributed by atoms with Crippen LogP contribution in [0.2, 0.25) is 0 Å². The number of phenols is 1. The Morgan fingerprint density at radius 1 is 1.47 bits per heavy atom. The van der Waals surface area contributed by atoms with Gasteiger partial charge in [0.1, 0.15) is 0 Å². The highest BCUT2D eigenvalue weighted by molar-refractivity contribution is 14.1. The van der Waals surface area contributed by atoms with E-state index in [2.05, 4.69) is 17.5 Å². The van der Waals surface area contributed by atoms with Crippen molar-refractivity contribution >= 4 is 39.9 Å². The van der Waals surface area contributed by atoms with Crippen molar-refractivity contribution in [3.05, 3.63) is 21.3 Å². The molecule has 4 nitrogen and oxygen atoms in total. The van der Waals surface area contributed by atoms with E-state index in [9.17, 15) is 18.3 Å². The van der Waals surface area contributed by atoms with Crippen molar-refractivity contribution in [2.75, 3.05) is 7.11 Å². The highest BCUT2D eigenvalue weighted by Gasteiger charge is 2.28. The van der Waals surface area contributed by atoms with Crippen LogP contribution in [0.5, 0.6) is 11.5 Å². The molecule has 9 heteroatoms. The summed E-state index contributed by atoms with van der Waals surface area (Å²) in [5, 5.41) is 12.6. The van der Waals surface area contributed by atoms with Gasteiger partial charge in [0.15, 0.2) is 16.6 Å². The Bertz CT molecular complexity index is 483. The normalized spacial score (nSPS) is 11.0. The van der Waals surface area contributed by atoms with E-state index < -0.39 is 11.4 Å². The summed E-state index contributed by atoms with van der Waals surface area (Å²) in [6, 6.07) is 2.98. The molecule has 0 aliphatic carbocycles. The molecule has 0 amide bonds. The molecule has 0 aromatic heterocycles. The minimum atomic E-state index is -4.57. The van der Waals surface area contributed by atoms with Gasteiger partial charge in [0.25, 0.3) is 0 Å². The highest BCUT2D eigenvalue weighted by Crippen LogP contribution is 2.30. The molecule has 1 rings (SSSR count). The van der Waals surface area contributed by atoms with Gasteiger partial charge in [-0.3, -0.25) is 5.32 Å². The van der Waals surface area contributed by atoms with Crippen molar-refractivity contribution in [2.45, 2.75) is 12.8 Å². The van der Waals surface area contributed by atoms with E-state index in [0.717, 1.165) is 0 Å². The number of hydrogen-bond acceptors (Lipinski definition) is 3. The predicted octanol–water partition coefficient (Wildman–Crippen LogP) is 2.49. The number of thiocarbonyl (C=S) groups is 1. The first-order valence-corrected chi connectivity index (χ1v) is 6.39. The first kappa shape index (κ1) is 16.1. The molecule has 0 bridgehead atoms. The van der Waals surface area contributed by atoms with Gasteiger partial charge in [-0.2, -0.15) is 13.2 Å². The molecule has 1 aromatic rings. The molecule has 1 aromatic carbocycles. The Kier molecular flexibility index (Phi) is 5.47. The fraction of sp³-hybridized carbons (Fsp3) is 0.300. The standard InChI is InChI=1S/C10H10F3IN2O2S/c1-18-8-2-5(6(14)3-7(8)17)4-15-9(19)16-10(11,12)13/h2-3,17H,4H2,1H3,(H2,15,16,19). The molecule has 0 atom stereocenters. The average Bonchev–Trinajstić information content (AvgIpc) is 2.25. The van der Waals surface area contributed by atoms with Gasteiger partial charge in [0.05, 0.1) is 7.11 Å². The Labute approximate surface area is 126 Å². The molecule has 0 radical (unpaired) electrons. The van der Waals surface area contributed by atoms with Crippen LogP contribution in [0.4, 0.5) is 13.2 Å². The summed E-state index contributed by atoms with van der Waals surface area (Å²) in [5.74, 6) is 0.207. The van der Waals surface area contributed by atoms with Gasteiger partial charge in [-0.15, -0.1) is 0 Å². The summed E-state index contributed by atoms with van der Waals surface area (Å²) in [5.41, 5.74) is 0.654. The third-order valence-corrected chi connectivity index (χ3v) is 3.29. The monoisotopic (exact) mass is 406 g/mol. The summed E-state index contributed by atoms with van der Waals surface area (Å²) in [7, 11) is 1.38. The number of halogens is 4. The second kappa shape index (κ2) is 6.46. The quantitative estimate of drug-likeness (QED) is 0.409. The zero-order valence-corrected chi connectivity index (χ0v) is 12.6. The number of ether oxygens (including phenoxy) is 1. The maximum absolute atomic E-state index is 12.0. The molecule has 106 valence electrons. The Hall–Kier alpha value is -0.970. The van der Waals surface area contributed by atoms with Crippen molar-refractivity contribution in [3.8, 4) is 11.5 Å². The molecule has 0 aliphatic rings. The van der Waals surface area contributed by atoms with E-state index in [1.54, 1.807) is 0 Å². The lowest BCUT2D eigenvalue weighted by Gasteiger charge is -2.14. The van der Waals surface area contributed by atoms with Crippen LogP contribution in [-0.2, 0) is 6.54 Å². The highest BCUT2D eigenvalue weighted by atomic mass is 127. The van der Waals surface area contributed by atoms with Crippen LogP contribution in [0.1, 0.15) is 5.56 Å². The van der Waals surface area contributed by atoms with Crippen molar-refractivity contribution in [3.63, 3.8) is 0 Å². The fourth-order valence-electron chi connectivity index (χ4n) is 1.23. The number of aromatic hydroxyl groups is 1. The smallest absolute Gasteiger partial charge is 0.484 e. The summed E-state index contributed by atoms with van der Waals surface area (Å²) < 4.78 is 41.6. The third-order valence-electron chi connectivity index (χ3n) is 2.04. The van der Waals surface area contributed by atoms with Gasteiger partial charge >= 0.3 is 6.30 Å². The van der Waals surface area contributed by atoms with E-state index in [0.29, 0.717) is 9.13 Å². The van der Waals surface area contributed by atoms with Gasteiger partial charge in [0, 0.05) is 10.1 Å². The van der Waals surface area contributed by atoms with Crippen molar-refractivity contribution in [2.24, 2.45) is 0 Å². The molecule has 0 unspecified atom stereocenters. The first-order chi connectivity index (χ1) is 8.73. The Morgan fingerprint density at radius 3 is 2.63 bits per heavy atom. The number of nitrogens with one attached hydrogen (secondary N) is 2. The molecule has 0 saturated heterocycles. The Morgan fingerprint density at radius 2 is 2.11 bits per heavy atom. The number of methoxy groups -OCH3 is 1.